The number of hydrogen-bond acceptors (Lipinski definition) is 3. The Hall–Kier alpha value is -2.16. The molecule has 2 rings (SSSR count). The number of methoxy groups -OCH3 is 1. The number of nitrogens with two attached hydrogens (primary N) is 1. The van der Waals surface area contributed by atoms with E-state index >= 15 is 0 Å². The van der Waals surface area contributed by atoms with Crippen molar-refractivity contribution in [1.29, 1.82) is 0 Å². The lowest BCUT2D eigenvalue weighted by atomic mass is 10.0. The Morgan fingerprint density at radius 1 is 1.24 bits per heavy atom. The maximum absolute atomic E-state index is 9.72. The highest BCUT2D eigenvalue weighted by Gasteiger charge is 2.09. The van der Waals surface area contributed by atoms with Crippen LogP contribution >= 0.6 is 0 Å². The first-order chi connectivity index (χ1) is 8.19. The van der Waals surface area contributed by atoms with E-state index in [4.69, 9.17) is 10.5 Å². The van der Waals surface area contributed by atoms with Crippen molar-refractivity contribution in [3.05, 3.63) is 59.0 Å². The van der Waals surface area contributed by atoms with Gasteiger partial charge in [0.25, 0.3) is 0 Å². The van der Waals surface area contributed by atoms with Crippen molar-refractivity contribution in [2.75, 3.05) is 7.11 Å². The highest BCUT2D eigenvalue weighted by molar-refractivity contribution is 5.60. The monoisotopic (exact) mass is 229 g/mol. The number of ether oxygens (including phenoxy) is 1. The summed E-state index contributed by atoms with van der Waals surface area (Å²) >= 11 is 0. The summed E-state index contributed by atoms with van der Waals surface area (Å²) in [5.74, 6) is 1.09. The molecular weight excluding hydrogens is 214 g/mol. The van der Waals surface area contributed by atoms with Crippen molar-refractivity contribution in [3.63, 3.8) is 0 Å². The quantitative estimate of drug-likeness (QED) is 0.819. The molecule has 0 bridgehead atoms. The maximum Gasteiger partial charge on any atom is 0.119 e. The van der Waals surface area contributed by atoms with Crippen LogP contribution in [0.2, 0.25) is 0 Å². The average Bonchev–Trinajstić information content (AvgIpc) is 2.35. The fourth-order valence-electron chi connectivity index (χ4n) is 1.69. The van der Waals surface area contributed by atoms with Crippen LogP contribution in [-0.4, -0.2) is 12.2 Å². The lowest BCUT2D eigenvalue weighted by molar-refractivity contribution is 0.415. The molecule has 0 amide bonds. The smallest absolute Gasteiger partial charge is 0.119 e. The van der Waals surface area contributed by atoms with Gasteiger partial charge in [0.2, 0.25) is 0 Å². The van der Waals surface area contributed by atoms with Gasteiger partial charge in [0.1, 0.15) is 11.5 Å². The molecular formula is C14H15NO2. The van der Waals surface area contributed by atoms with Gasteiger partial charge in [-0.15, -0.1) is 0 Å². The zero-order valence-corrected chi connectivity index (χ0v) is 9.68. The Bertz CT molecular complexity index is 495. The predicted molar refractivity (Wildman–Crippen MR) is 68.6 cm³/mol. The van der Waals surface area contributed by atoms with Gasteiger partial charge in [-0.25, -0.2) is 0 Å². The second kappa shape index (κ2) is 4.78. The highest BCUT2D eigenvalue weighted by Crippen LogP contribution is 2.23. The van der Waals surface area contributed by atoms with E-state index in [1.807, 2.05) is 30.3 Å². The Labute approximate surface area is 101 Å². The van der Waals surface area contributed by atoms with Gasteiger partial charge in [0.15, 0.2) is 0 Å². The lowest BCUT2D eigenvalue weighted by Crippen LogP contribution is -2.04. The summed E-state index contributed by atoms with van der Waals surface area (Å²) in [6.45, 7) is 0. The van der Waals surface area contributed by atoms with Crippen molar-refractivity contribution in [2.45, 2.75) is 6.42 Å². The third kappa shape index (κ3) is 2.69. The Morgan fingerprint density at radius 2 is 1.94 bits per heavy atom. The molecule has 0 saturated heterocycles. The van der Waals surface area contributed by atoms with Gasteiger partial charge in [0, 0.05) is 17.7 Å². The molecule has 0 fully saturated rings. The topological polar surface area (TPSA) is 55.5 Å². The minimum atomic E-state index is 0.273. The molecule has 0 radical (unpaired) electrons. The fraction of sp³-hybridized carbons (Fsp3) is 0.143. The molecule has 0 spiro atoms. The first kappa shape index (κ1) is 11.3. The zero-order valence-electron chi connectivity index (χ0n) is 9.68. The van der Waals surface area contributed by atoms with Crippen LogP contribution in [0.15, 0.2) is 53.4 Å². The first-order valence-corrected chi connectivity index (χ1v) is 5.39. The number of benzene rings is 1. The molecule has 0 aromatic heterocycles. The molecule has 1 aromatic rings. The van der Waals surface area contributed by atoms with Crippen LogP contribution in [0.1, 0.15) is 12.0 Å². The molecule has 17 heavy (non-hydrogen) atoms. The second-order valence-electron chi connectivity index (χ2n) is 3.91. The Kier molecular flexibility index (Phi) is 3.19. The number of aliphatic hydroxyl groups is 1. The Morgan fingerprint density at radius 3 is 2.59 bits per heavy atom. The first-order valence-electron chi connectivity index (χ1n) is 5.39. The van der Waals surface area contributed by atoms with E-state index in [-0.39, 0.29) is 5.76 Å². The molecule has 0 atom stereocenters. The molecule has 3 heteroatoms. The van der Waals surface area contributed by atoms with E-state index in [2.05, 4.69) is 0 Å². The van der Waals surface area contributed by atoms with Crippen molar-refractivity contribution < 1.29 is 9.84 Å². The number of aliphatic hydroxyl groups excluding tert-OH is 1. The summed E-state index contributed by atoms with van der Waals surface area (Å²) < 4.78 is 5.09. The van der Waals surface area contributed by atoms with Gasteiger partial charge >= 0.3 is 0 Å². The molecule has 3 nitrogen and oxygen atoms in total. The van der Waals surface area contributed by atoms with E-state index in [1.165, 1.54) is 0 Å². The molecule has 88 valence electrons. The largest absolute Gasteiger partial charge is 0.508 e. The van der Waals surface area contributed by atoms with Gasteiger partial charge in [-0.05, 0) is 35.9 Å². The highest BCUT2D eigenvalue weighted by atomic mass is 16.5. The predicted octanol–water partition coefficient (Wildman–Crippen LogP) is 2.77. The van der Waals surface area contributed by atoms with Crippen LogP contribution < -0.4 is 10.5 Å². The third-order valence-electron chi connectivity index (χ3n) is 2.64. The molecule has 0 aliphatic heterocycles. The summed E-state index contributed by atoms with van der Waals surface area (Å²) in [7, 11) is 1.63. The molecule has 0 unspecified atom stereocenters. The fourth-order valence-corrected chi connectivity index (χ4v) is 1.69. The molecule has 1 aliphatic carbocycles. The second-order valence-corrected chi connectivity index (χ2v) is 3.91. The number of rotatable bonds is 2. The standard InChI is InChI=1S/C14H15NO2/c1-17-13-5-2-10(3-6-13)8-11-9-12(15)4-7-14(11)16/h2-8,16H,9,15H2,1H3. The van der Waals surface area contributed by atoms with Crippen molar-refractivity contribution in [3.8, 4) is 5.75 Å². The molecule has 0 heterocycles. The number of allylic oxidation sites excluding steroid dienone is 4. The lowest BCUT2D eigenvalue weighted by Gasteiger charge is -2.11. The van der Waals surface area contributed by atoms with Crippen LogP contribution in [0.3, 0.4) is 0 Å². The maximum atomic E-state index is 9.72. The van der Waals surface area contributed by atoms with Crippen LogP contribution in [0.5, 0.6) is 5.75 Å². The van der Waals surface area contributed by atoms with E-state index in [1.54, 1.807) is 19.3 Å². The normalized spacial score (nSPS) is 17.6. The third-order valence-corrected chi connectivity index (χ3v) is 2.64. The number of hydrogen-bond donors (Lipinski definition) is 2. The van der Waals surface area contributed by atoms with E-state index in [0.29, 0.717) is 6.42 Å². The van der Waals surface area contributed by atoms with E-state index in [9.17, 15) is 5.11 Å². The average molecular weight is 229 g/mol. The molecule has 1 aromatic carbocycles. The summed E-state index contributed by atoms with van der Waals surface area (Å²) in [4.78, 5) is 0. The van der Waals surface area contributed by atoms with Crippen molar-refractivity contribution in [1.82, 2.24) is 0 Å². The van der Waals surface area contributed by atoms with Gasteiger partial charge in [-0.2, -0.15) is 0 Å². The minimum Gasteiger partial charge on any atom is -0.508 e. The SMILES string of the molecule is COc1ccc(C=C2CC(N)=CC=C2O)cc1. The van der Waals surface area contributed by atoms with E-state index in [0.717, 1.165) is 22.6 Å². The summed E-state index contributed by atoms with van der Waals surface area (Å²) in [6, 6.07) is 7.64. The van der Waals surface area contributed by atoms with Crippen LogP contribution in [0.25, 0.3) is 6.08 Å². The Balaban J connectivity index is 2.24. The molecule has 0 saturated carbocycles. The van der Waals surface area contributed by atoms with Gasteiger partial charge in [-0.1, -0.05) is 12.1 Å². The minimum absolute atomic E-state index is 0.273. The van der Waals surface area contributed by atoms with Crippen molar-refractivity contribution >= 4 is 6.08 Å². The molecule has 1 aliphatic rings. The van der Waals surface area contributed by atoms with Crippen LogP contribution in [-0.2, 0) is 0 Å². The van der Waals surface area contributed by atoms with Crippen molar-refractivity contribution in [2.24, 2.45) is 5.73 Å². The summed E-state index contributed by atoms with van der Waals surface area (Å²) in [5, 5.41) is 9.72. The zero-order chi connectivity index (χ0) is 12.3. The molecule has 3 N–H and O–H groups in total. The summed E-state index contributed by atoms with van der Waals surface area (Å²) in [5.41, 5.74) is 8.32. The van der Waals surface area contributed by atoms with Crippen LogP contribution in [0, 0.1) is 0 Å². The van der Waals surface area contributed by atoms with Gasteiger partial charge < -0.3 is 15.6 Å². The van der Waals surface area contributed by atoms with Gasteiger partial charge in [0.05, 0.1) is 7.11 Å². The summed E-state index contributed by atoms with van der Waals surface area (Å²) in [6.07, 6.45) is 5.84. The van der Waals surface area contributed by atoms with Gasteiger partial charge in [-0.3, -0.25) is 0 Å². The van der Waals surface area contributed by atoms with E-state index < -0.39 is 0 Å². The van der Waals surface area contributed by atoms with Crippen LogP contribution in [0.4, 0.5) is 0 Å².